The number of nitrogens with one attached hydrogen (secondary N) is 1. The highest BCUT2D eigenvalue weighted by molar-refractivity contribution is 5.92. The topological polar surface area (TPSA) is 58.4 Å². The van der Waals surface area contributed by atoms with Crippen molar-refractivity contribution in [3.05, 3.63) is 29.8 Å². The molecule has 0 bridgehead atoms. The number of hydrogen-bond donors (Lipinski definition) is 2. The minimum Gasteiger partial charge on any atom is -0.327 e. The molecule has 0 saturated heterocycles. The number of nitrogens with two attached hydrogens (primary N) is 1. The van der Waals surface area contributed by atoms with E-state index >= 15 is 0 Å². The zero-order valence-corrected chi connectivity index (χ0v) is 10.7. The van der Waals surface area contributed by atoms with Crippen LogP contribution in [0.1, 0.15) is 12.5 Å². The Kier molecular flexibility index (Phi) is 5.12. The van der Waals surface area contributed by atoms with Crippen LogP contribution in [-0.4, -0.2) is 37.0 Å². The minimum atomic E-state index is -0.0167. The highest BCUT2D eigenvalue weighted by Gasteiger charge is 2.08. The molecule has 0 saturated carbocycles. The highest BCUT2D eigenvalue weighted by atomic mass is 16.2. The first kappa shape index (κ1) is 13.7. The predicted octanol–water partition coefficient (Wildman–Crippen LogP) is 1.21. The Morgan fingerprint density at radius 3 is 2.53 bits per heavy atom. The number of carbonyl (C=O) groups excluding carboxylic acids is 1. The van der Waals surface area contributed by atoms with Crippen molar-refractivity contribution in [3.63, 3.8) is 0 Å². The summed E-state index contributed by atoms with van der Waals surface area (Å²) in [4.78, 5) is 13.6. The van der Waals surface area contributed by atoms with Crippen LogP contribution in [0.4, 0.5) is 5.69 Å². The van der Waals surface area contributed by atoms with Crippen LogP contribution in [0, 0.1) is 6.92 Å². The number of benzene rings is 1. The minimum absolute atomic E-state index is 0.0167. The van der Waals surface area contributed by atoms with Gasteiger partial charge in [-0.3, -0.25) is 9.69 Å². The van der Waals surface area contributed by atoms with Gasteiger partial charge in [0.15, 0.2) is 0 Å². The van der Waals surface area contributed by atoms with E-state index < -0.39 is 0 Å². The first-order valence-corrected chi connectivity index (χ1v) is 5.78. The van der Waals surface area contributed by atoms with E-state index in [1.165, 1.54) is 5.56 Å². The summed E-state index contributed by atoms with van der Waals surface area (Å²) in [6, 6.07) is 7.83. The van der Waals surface area contributed by atoms with Gasteiger partial charge in [-0.05, 0) is 33.0 Å². The smallest absolute Gasteiger partial charge is 0.238 e. The van der Waals surface area contributed by atoms with Crippen LogP contribution in [0.15, 0.2) is 24.3 Å². The molecule has 4 nitrogen and oxygen atoms in total. The number of hydrogen-bond acceptors (Lipinski definition) is 3. The molecule has 17 heavy (non-hydrogen) atoms. The molecule has 94 valence electrons. The second-order valence-corrected chi connectivity index (χ2v) is 4.59. The monoisotopic (exact) mass is 235 g/mol. The Hall–Kier alpha value is -1.39. The SMILES string of the molecule is Cc1ccc(NC(=O)CN(C)CC(C)N)cc1. The summed E-state index contributed by atoms with van der Waals surface area (Å²) in [5.74, 6) is -0.0167. The molecule has 1 atom stereocenters. The molecule has 0 fully saturated rings. The molecule has 1 amide bonds. The average Bonchev–Trinajstić information content (AvgIpc) is 2.19. The maximum Gasteiger partial charge on any atom is 0.238 e. The molecule has 0 heterocycles. The molecule has 0 aliphatic heterocycles. The molecule has 0 spiro atoms. The van der Waals surface area contributed by atoms with Gasteiger partial charge < -0.3 is 11.1 Å². The van der Waals surface area contributed by atoms with Gasteiger partial charge in [-0.15, -0.1) is 0 Å². The molecule has 0 aliphatic rings. The Bertz CT molecular complexity index is 359. The van der Waals surface area contributed by atoms with Crippen molar-refractivity contribution in [1.82, 2.24) is 4.90 Å². The Morgan fingerprint density at radius 2 is 2.00 bits per heavy atom. The van der Waals surface area contributed by atoms with Crippen molar-refractivity contribution in [1.29, 1.82) is 0 Å². The van der Waals surface area contributed by atoms with Gasteiger partial charge in [-0.2, -0.15) is 0 Å². The molecule has 0 aromatic heterocycles. The van der Waals surface area contributed by atoms with Gasteiger partial charge in [0.2, 0.25) is 5.91 Å². The fourth-order valence-electron chi connectivity index (χ4n) is 1.64. The Balaban J connectivity index is 2.41. The zero-order chi connectivity index (χ0) is 12.8. The largest absolute Gasteiger partial charge is 0.327 e. The van der Waals surface area contributed by atoms with E-state index in [1.54, 1.807) is 0 Å². The van der Waals surface area contributed by atoms with E-state index in [-0.39, 0.29) is 11.9 Å². The molecule has 0 radical (unpaired) electrons. The van der Waals surface area contributed by atoms with E-state index in [2.05, 4.69) is 5.32 Å². The maximum atomic E-state index is 11.7. The molecule has 0 aliphatic carbocycles. The van der Waals surface area contributed by atoms with Crippen molar-refractivity contribution >= 4 is 11.6 Å². The van der Waals surface area contributed by atoms with Crippen LogP contribution in [0.25, 0.3) is 0 Å². The number of amides is 1. The first-order valence-electron chi connectivity index (χ1n) is 5.78. The molecule has 1 unspecified atom stereocenters. The van der Waals surface area contributed by atoms with Gasteiger partial charge in [0.05, 0.1) is 6.54 Å². The molecule has 1 aromatic rings. The first-order chi connectivity index (χ1) is 7.97. The summed E-state index contributed by atoms with van der Waals surface area (Å²) in [5, 5.41) is 2.85. The van der Waals surface area contributed by atoms with Gasteiger partial charge in [0.25, 0.3) is 0 Å². The zero-order valence-electron chi connectivity index (χ0n) is 10.7. The summed E-state index contributed by atoms with van der Waals surface area (Å²) in [7, 11) is 1.89. The van der Waals surface area contributed by atoms with Gasteiger partial charge in [-0.1, -0.05) is 17.7 Å². The predicted molar refractivity (Wildman–Crippen MR) is 71.0 cm³/mol. The number of rotatable bonds is 5. The van der Waals surface area contributed by atoms with Crippen LogP contribution in [0.5, 0.6) is 0 Å². The van der Waals surface area contributed by atoms with Crippen molar-refractivity contribution in [2.24, 2.45) is 5.73 Å². The van der Waals surface area contributed by atoms with Crippen LogP contribution >= 0.6 is 0 Å². The van der Waals surface area contributed by atoms with E-state index in [0.717, 1.165) is 5.69 Å². The Labute approximate surface area is 103 Å². The van der Waals surface area contributed by atoms with Crippen molar-refractivity contribution in [3.8, 4) is 0 Å². The second kappa shape index (κ2) is 6.37. The molecule has 3 N–H and O–H groups in total. The maximum absolute atomic E-state index is 11.7. The van der Waals surface area contributed by atoms with E-state index in [4.69, 9.17) is 5.73 Å². The summed E-state index contributed by atoms with van der Waals surface area (Å²) in [5.41, 5.74) is 7.67. The van der Waals surface area contributed by atoms with Crippen LogP contribution in [0.3, 0.4) is 0 Å². The Morgan fingerprint density at radius 1 is 1.41 bits per heavy atom. The van der Waals surface area contributed by atoms with Crippen LogP contribution in [-0.2, 0) is 4.79 Å². The number of nitrogens with zero attached hydrogens (tertiary/aromatic N) is 1. The van der Waals surface area contributed by atoms with Crippen molar-refractivity contribution < 1.29 is 4.79 Å². The summed E-state index contributed by atoms with van der Waals surface area (Å²) in [6.07, 6.45) is 0. The lowest BCUT2D eigenvalue weighted by Crippen LogP contribution is -2.37. The van der Waals surface area contributed by atoms with Crippen molar-refractivity contribution in [2.45, 2.75) is 19.9 Å². The van der Waals surface area contributed by atoms with Gasteiger partial charge in [0.1, 0.15) is 0 Å². The summed E-state index contributed by atoms with van der Waals surface area (Å²) >= 11 is 0. The molecular weight excluding hydrogens is 214 g/mol. The van der Waals surface area contributed by atoms with Crippen LogP contribution in [0.2, 0.25) is 0 Å². The normalized spacial score (nSPS) is 12.5. The lowest BCUT2D eigenvalue weighted by atomic mass is 10.2. The summed E-state index contributed by atoms with van der Waals surface area (Å²) in [6.45, 7) is 5.01. The molecule has 4 heteroatoms. The van der Waals surface area contributed by atoms with Crippen molar-refractivity contribution in [2.75, 3.05) is 25.5 Å². The molecule has 1 aromatic carbocycles. The van der Waals surface area contributed by atoms with E-state index in [1.807, 2.05) is 50.1 Å². The highest BCUT2D eigenvalue weighted by Crippen LogP contribution is 2.08. The van der Waals surface area contributed by atoms with E-state index in [0.29, 0.717) is 13.1 Å². The molecular formula is C13H21N3O. The van der Waals surface area contributed by atoms with Gasteiger partial charge in [-0.25, -0.2) is 0 Å². The molecule has 1 rings (SSSR count). The third kappa shape index (κ3) is 5.47. The lowest BCUT2D eigenvalue weighted by molar-refractivity contribution is -0.117. The standard InChI is InChI=1S/C13H21N3O/c1-10-4-6-12(7-5-10)15-13(17)9-16(3)8-11(2)14/h4-7,11H,8-9,14H2,1-3H3,(H,15,17). The second-order valence-electron chi connectivity index (χ2n) is 4.59. The third-order valence-electron chi connectivity index (χ3n) is 2.35. The van der Waals surface area contributed by atoms with E-state index in [9.17, 15) is 4.79 Å². The number of anilines is 1. The van der Waals surface area contributed by atoms with Crippen LogP contribution < -0.4 is 11.1 Å². The average molecular weight is 235 g/mol. The third-order valence-corrected chi connectivity index (χ3v) is 2.35. The van der Waals surface area contributed by atoms with Gasteiger partial charge >= 0.3 is 0 Å². The van der Waals surface area contributed by atoms with Gasteiger partial charge in [0, 0.05) is 18.3 Å². The lowest BCUT2D eigenvalue weighted by Gasteiger charge is -2.18. The number of carbonyl (C=O) groups is 1. The fraction of sp³-hybridized carbons (Fsp3) is 0.462. The fourth-order valence-corrected chi connectivity index (χ4v) is 1.64. The summed E-state index contributed by atoms with van der Waals surface area (Å²) < 4.78 is 0. The number of aryl methyl sites for hydroxylation is 1. The quantitative estimate of drug-likeness (QED) is 0.806. The number of likely N-dealkylation sites (N-methyl/N-ethyl adjacent to an activating group) is 1.